The van der Waals surface area contributed by atoms with Gasteiger partial charge in [-0.1, -0.05) is 18.2 Å². The fourth-order valence-electron chi connectivity index (χ4n) is 9.27. The van der Waals surface area contributed by atoms with Crippen LogP contribution in [-0.4, -0.2) is 26.1 Å². The van der Waals surface area contributed by atoms with Gasteiger partial charge in [0, 0.05) is 10.8 Å². The van der Waals surface area contributed by atoms with Crippen molar-refractivity contribution in [2.45, 2.75) is 37.1 Å². The molecule has 10 atom stereocenters. The molecule has 1 aromatic heterocycles. The highest BCUT2D eigenvalue weighted by Crippen LogP contribution is 3.05. The van der Waals surface area contributed by atoms with Gasteiger partial charge in [0.2, 0.25) is 0 Å². The van der Waals surface area contributed by atoms with Crippen LogP contribution in [0.15, 0.2) is 39.9 Å². The average molecular weight is 347 g/mol. The van der Waals surface area contributed by atoms with Crippen LogP contribution in [-0.2, 0) is 4.74 Å². The fourth-order valence-corrected chi connectivity index (χ4v) is 9.27. The van der Waals surface area contributed by atoms with Gasteiger partial charge < -0.3 is 4.74 Å². The summed E-state index contributed by atoms with van der Waals surface area (Å²) in [7, 11) is 0. The van der Waals surface area contributed by atoms with Crippen LogP contribution in [0, 0.1) is 34.5 Å². The summed E-state index contributed by atoms with van der Waals surface area (Å²) < 4.78 is 11.1. The van der Waals surface area contributed by atoms with Gasteiger partial charge in [-0.2, -0.15) is 0 Å². The largest absolute Gasteiger partial charge is 0.370 e. The Morgan fingerprint density at radius 1 is 0.846 bits per heavy atom. The molecule has 130 valence electrons. The second-order valence-corrected chi connectivity index (χ2v) is 9.73. The van der Waals surface area contributed by atoms with Gasteiger partial charge in [0.1, 0.15) is 0 Å². The zero-order chi connectivity index (χ0) is 16.7. The number of ether oxygens (including phenoxy) is 1. The summed E-state index contributed by atoms with van der Waals surface area (Å²) in [6.45, 7) is 0. The van der Waals surface area contributed by atoms with E-state index in [0.29, 0.717) is 29.7 Å². The molecule has 0 radical (unpaired) electrons. The monoisotopic (exact) mass is 347 g/mol. The topological polar surface area (TPSA) is 61.5 Å². The molecule has 2 bridgehead atoms. The minimum absolute atomic E-state index is 0.130. The molecular formula is C20H17N3O3. The van der Waals surface area contributed by atoms with Crippen molar-refractivity contribution in [2.75, 3.05) is 0 Å². The van der Waals surface area contributed by atoms with E-state index in [4.69, 9.17) is 4.74 Å². The van der Waals surface area contributed by atoms with Crippen molar-refractivity contribution in [3.63, 3.8) is 0 Å². The maximum atomic E-state index is 13.4. The SMILES string of the molecule is O=c1n(-c2ccccc2)c(=O)n2n1[C@H]1[C@H]3C4C5[C@@]16C[C@H]1O[C@H]1C[C@]56[C@@H]2[C@@H]43. The molecule has 0 N–H and O–H groups in total. The lowest BCUT2D eigenvalue weighted by molar-refractivity contribution is -0.0170. The standard InChI is InChI=1S/C20H17N3O3/c24-17-21(8-4-2-1-3-5-8)18(25)23-16-13-11-12(13)15(22(17)23)19-6-9-10(26-9)7-20(16,19)14(11)19/h1-5,9-16H,6-7H2/t9-,10+,11?,12-,13-,14?,15-,16-,19+,20-/m0/s1. The van der Waals surface area contributed by atoms with Crippen LogP contribution < -0.4 is 11.4 Å². The van der Waals surface area contributed by atoms with E-state index < -0.39 is 0 Å². The Balaban J connectivity index is 1.38. The molecule has 26 heavy (non-hydrogen) atoms. The van der Waals surface area contributed by atoms with Crippen LogP contribution in [0.5, 0.6) is 0 Å². The number of fused-ring (bicyclic) bond motifs is 1. The van der Waals surface area contributed by atoms with Crippen LogP contribution >= 0.6 is 0 Å². The molecule has 6 fully saturated rings. The third-order valence-corrected chi connectivity index (χ3v) is 9.57. The fraction of sp³-hybridized carbons (Fsp3) is 0.600. The number of hydrogen-bond donors (Lipinski definition) is 0. The highest BCUT2D eigenvalue weighted by molar-refractivity contribution is 5.51. The molecule has 6 heteroatoms. The number of benzene rings is 1. The van der Waals surface area contributed by atoms with Gasteiger partial charge in [-0.25, -0.2) is 23.5 Å². The minimum atomic E-state index is -0.130. The van der Waals surface area contributed by atoms with Crippen molar-refractivity contribution >= 4 is 0 Å². The Kier molecular flexibility index (Phi) is 1.45. The molecule has 1 aromatic carbocycles. The van der Waals surface area contributed by atoms with Gasteiger partial charge in [-0.05, 0) is 48.6 Å². The first-order chi connectivity index (χ1) is 12.7. The maximum absolute atomic E-state index is 13.4. The first kappa shape index (κ1) is 12.3. The minimum Gasteiger partial charge on any atom is -0.370 e. The number of epoxide rings is 1. The zero-order valence-electron chi connectivity index (χ0n) is 14.0. The van der Waals surface area contributed by atoms with E-state index >= 15 is 0 Å². The summed E-state index contributed by atoms with van der Waals surface area (Å²) in [5, 5.41) is 0. The van der Waals surface area contributed by atoms with Crippen LogP contribution in [0.3, 0.4) is 0 Å². The van der Waals surface area contributed by atoms with E-state index in [9.17, 15) is 9.59 Å². The van der Waals surface area contributed by atoms with Gasteiger partial charge in [0.05, 0.1) is 30.0 Å². The second-order valence-electron chi connectivity index (χ2n) is 9.73. The molecule has 0 amide bonds. The van der Waals surface area contributed by atoms with Crippen LogP contribution in [0.1, 0.15) is 24.9 Å². The normalized spacial score (nSPS) is 56.6. The predicted octanol–water partition coefficient (Wildman–Crippen LogP) is 0.950. The Labute approximate surface area is 148 Å². The van der Waals surface area contributed by atoms with Crippen LogP contribution in [0.25, 0.3) is 5.69 Å². The number of rotatable bonds is 1. The highest BCUT2D eigenvalue weighted by Gasteiger charge is 3.04. The zero-order valence-corrected chi connectivity index (χ0v) is 14.0. The van der Waals surface area contributed by atoms with Crippen molar-refractivity contribution < 1.29 is 4.74 Å². The first-order valence-electron chi connectivity index (χ1n) is 9.89. The van der Waals surface area contributed by atoms with Gasteiger partial charge >= 0.3 is 11.4 Å². The predicted molar refractivity (Wildman–Crippen MR) is 89.1 cm³/mol. The molecule has 3 aliphatic heterocycles. The Morgan fingerprint density at radius 3 is 2.00 bits per heavy atom. The van der Waals surface area contributed by atoms with E-state index in [2.05, 4.69) is 0 Å². The smallest absolute Gasteiger partial charge is 0.352 e. The number of para-hydroxylation sites is 1. The average Bonchev–Trinajstić information content (AvgIpc) is 3.55. The molecule has 6 nitrogen and oxygen atoms in total. The molecule has 2 aromatic rings. The van der Waals surface area contributed by atoms with E-state index in [1.807, 2.05) is 39.7 Å². The van der Waals surface area contributed by atoms with Gasteiger partial charge in [0.15, 0.2) is 0 Å². The second kappa shape index (κ2) is 3.07. The summed E-state index contributed by atoms with van der Waals surface area (Å²) in [5.74, 6) is 2.82. The number of nitrogens with zero attached hydrogens (tertiary/aromatic N) is 3. The van der Waals surface area contributed by atoms with Gasteiger partial charge in [-0.3, -0.25) is 0 Å². The molecule has 2 spiro atoms. The molecule has 10 rings (SSSR count). The third kappa shape index (κ3) is 0.839. The van der Waals surface area contributed by atoms with E-state index in [0.717, 1.165) is 24.7 Å². The van der Waals surface area contributed by atoms with Gasteiger partial charge in [-0.15, -0.1) is 0 Å². The lowest BCUT2D eigenvalue weighted by atomic mass is 9.65. The van der Waals surface area contributed by atoms with E-state index in [-0.39, 0.29) is 34.3 Å². The summed E-state index contributed by atoms with van der Waals surface area (Å²) >= 11 is 0. The first-order valence-corrected chi connectivity index (χ1v) is 9.89. The molecule has 2 unspecified atom stereocenters. The van der Waals surface area contributed by atoms with Crippen molar-refractivity contribution in [3.05, 3.63) is 51.3 Å². The lowest BCUT2D eigenvalue weighted by Gasteiger charge is -2.49. The Morgan fingerprint density at radius 2 is 1.42 bits per heavy atom. The molecular weight excluding hydrogens is 330 g/mol. The maximum Gasteiger partial charge on any atom is 0.352 e. The molecule has 5 aliphatic carbocycles. The Bertz CT molecular complexity index is 1120. The van der Waals surface area contributed by atoms with Crippen LogP contribution in [0.4, 0.5) is 0 Å². The molecule has 5 saturated carbocycles. The summed E-state index contributed by atoms with van der Waals surface area (Å²) in [6, 6.07) is 9.88. The molecule has 4 heterocycles. The van der Waals surface area contributed by atoms with Crippen molar-refractivity contribution in [2.24, 2.45) is 34.5 Å². The summed E-state index contributed by atoms with van der Waals surface area (Å²) in [6.07, 6.45) is 3.10. The summed E-state index contributed by atoms with van der Waals surface area (Å²) in [4.78, 5) is 26.8. The number of hydrogen-bond acceptors (Lipinski definition) is 3. The summed E-state index contributed by atoms with van der Waals surface area (Å²) in [5.41, 5.74) is 0.955. The lowest BCUT2D eigenvalue weighted by Crippen LogP contribution is -2.54. The Hall–Kier alpha value is -2.08. The van der Waals surface area contributed by atoms with Gasteiger partial charge in [0.25, 0.3) is 0 Å². The van der Waals surface area contributed by atoms with Crippen molar-refractivity contribution in [1.29, 1.82) is 0 Å². The number of aromatic nitrogens is 3. The van der Waals surface area contributed by atoms with E-state index in [1.165, 1.54) is 4.57 Å². The third-order valence-electron chi connectivity index (χ3n) is 9.57. The van der Waals surface area contributed by atoms with Crippen molar-refractivity contribution in [1.82, 2.24) is 13.9 Å². The molecule has 1 saturated heterocycles. The van der Waals surface area contributed by atoms with E-state index in [1.54, 1.807) is 0 Å². The quantitative estimate of drug-likeness (QED) is 0.722. The van der Waals surface area contributed by atoms with Crippen molar-refractivity contribution in [3.8, 4) is 5.69 Å². The molecule has 8 aliphatic rings. The van der Waals surface area contributed by atoms with Crippen LogP contribution in [0.2, 0.25) is 0 Å². The highest BCUT2D eigenvalue weighted by atomic mass is 16.6.